The van der Waals surface area contributed by atoms with Crippen LogP contribution in [0.2, 0.25) is 0 Å². The van der Waals surface area contributed by atoms with Crippen LogP contribution in [0.4, 0.5) is 14.9 Å². The summed E-state index contributed by atoms with van der Waals surface area (Å²) in [5.41, 5.74) is 2.39. The van der Waals surface area contributed by atoms with Gasteiger partial charge in [0.1, 0.15) is 24.2 Å². The minimum atomic E-state index is -1.06. The van der Waals surface area contributed by atoms with Crippen LogP contribution in [0.5, 0.6) is 5.75 Å². The highest BCUT2D eigenvalue weighted by molar-refractivity contribution is 6.24. The summed E-state index contributed by atoms with van der Waals surface area (Å²) in [6, 6.07) is 22.7. The zero-order valence-electron chi connectivity index (χ0n) is 35.3. The molecule has 4 aromatic carbocycles. The molecule has 1 unspecified atom stereocenters. The summed E-state index contributed by atoms with van der Waals surface area (Å²) in [4.78, 5) is 83.9. The molecule has 4 aliphatic heterocycles. The molecule has 0 aromatic heterocycles. The first-order chi connectivity index (χ1) is 30.5. The topological polar surface area (TPSA) is 170 Å². The van der Waals surface area contributed by atoms with Crippen molar-refractivity contribution >= 4 is 52.0 Å². The predicted octanol–water partition coefficient (Wildman–Crippen LogP) is 4.71. The Hall–Kier alpha value is -6.23. The second kappa shape index (κ2) is 19.4. The first-order valence-electron chi connectivity index (χ1n) is 21.7. The van der Waals surface area contributed by atoms with Gasteiger partial charge in [0.05, 0.1) is 24.3 Å². The van der Waals surface area contributed by atoms with Crippen molar-refractivity contribution in [1.29, 1.82) is 0 Å². The van der Waals surface area contributed by atoms with Crippen LogP contribution >= 0.6 is 0 Å². The summed E-state index contributed by atoms with van der Waals surface area (Å²) in [6.07, 6.45) is 1.58. The van der Waals surface area contributed by atoms with E-state index in [1.807, 2.05) is 0 Å². The number of imide groups is 2. The van der Waals surface area contributed by atoms with Gasteiger partial charge in [-0.05, 0) is 91.5 Å². The van der Waals surface area contributed by atoms with Crippen molar-refractivity contribution < 1.29 is 42.6 Å². The maximum atomic E-state index is 14.7. The molecular formula is C47H52FN7O8. The van der Waals surface area contributed by atoms with Crippen LogP contribution in [-0.2, 0) is 25.7 Å². The number of piperidine rings is 2. The lowest BCUT2D eigenvalue weighted by Crippen LogP contribution is -2.54. The lowest BCUT2D eigenvalue weighted by Gasteiger charge is -2.36. The third-order valence-electron chi connectivity index (χ3n) is 12.5. The number of carbonyl (C=O) groups is 6. The van der Waals surface area contributed by atoms with Crippen LogP contribution < -0.4 is 20.7 Å². The molecule has 3 fully saturated rings. The first-order valence-corrected chi connectivity index (χ1v) is 21.7. The molecule has 4 aromatic rings. The van der Waals surface area contributed by atoms with Crippen molar-refractivity contribution in [2.45, 2.75) is 51.2 Å². The number of hydrogen-bond donors (Lipinski definition) is 3. The molecule has 3 saturated heterocycles. The van der Waals surface area contributed by atoms with E-state index in [0.29, 0.717) is 50.6 Å². The molecule has 0 saturated carbocycles. The average Bonchev–Trinajstić information content (AvgIpc) is 3.55. The van der Waals surface area contributed by atoms with E-state index < -0.39 is 35.5 Å². The van der Waals surface area contributed by atoms with E-state index in [0.717, 1.165) is 30.8 Å². The molecule has 0 spiro atoms. The molecule has 7 amide bonds. The lowest BCUT2D eigenvalue weighted by molar-refractivity contribution is -0.136. The number of hydrogen-bond acceptors (Lipinski definition) is 10. The van der Waals surface area contributed by atoms with Gasteiger partial charge < -0.3 is 25.0 Å². The van der Waals surface area contributed by atoms with Crippen LogP contribution in [0.15, 0.2) is 78.9 Å². The summed E-state index contributed by atoms with van der Waals surface area (Å²) in [5, 5.41) is 10.5. The van der Waals surface area contributed by atoms with Crippen molar-refractivity contribution in [3.8, 4) is 5.75 Å². The molecule has 16 heteroatoms. The Labute approximate surface area is 364 Å². The van der Waals surface area contributed by atoms with Gasteiger partial charge in [-0.25, -0.2) is 9.18 Å². The number of carbonyl (C=O) groups excluding carboxylic acids is 6. The third kappa shape index (κ3) is 9.88. The minimum absolute atomic E-state index is 0.0340. The fraction of sp³-hybridized carbons (Fsp3) is 0.404. The molecule has 4 heterocycles. The van der Waals surface area contributed by atoms with Gasteiger partial charge in [0, 0.05) is 63.3 Å². The number of rotatable bonds is 14. The lowest BCUT2D eigenvalue weighted by atomic mass is 9.92. The highest BCUT2D eigenvalue weighted by Crippen LogP contribution is 2.34. The number of nitrogens with zero attached hydrogens (tertiary/aromatic N) is 4. The van der Waals surface area contributed by atoms with Crippen LogP contribution in [-0.4, -0.2) is 127 Å². The Morgan fingerprint density at radius 3 is 2.40 bits per heavy atom. The quantitative estimate of drug-likeness (QED) is 0.119. The normalized spacial score (nSPS) is 19.2. The monoisotopic (exact) mass is 861 g/mol. The summed E-state index contributed by atoms with van der Waals surface area (Å²) in [7, 11) is 0. The Bertz CT molecular complexity index is 2390. The number of benzene rings is 4. The number of ether oxygens (including phenoxy) is 2. The minimum Gasteiger partial charge on any atom is -0.490 e. The van der Waals surface area contributed by atoms with Crippen molar-refractivity contribution in [3.63, 3.8) is 0 Å². The number of amides is 7. The van der Waals surface area contributed by atoms with Crippen LogP contribution in [0.3, 0.4) is 0 Å². The van der Waals surface area contributed by atoms with Crippen molar-refractivity contribution in [1.82, 2.24) is 30.2 Å². The van der Waals surface area contributed by atoms with Crippen LogP contribution in [0.25, 0.3) is 10.8 Å². The van der Waals surface area contributed by atoms with Crippen molar-refractivity contribution in [2.24, 2.45) is 5.92 Å². The molecule has 330 valence electrons. The van der Waals surface area contributed by atoms with Crippen molar-refractivity contribution in [3.05, 3.63) is 107 Å². The first kappa shape index (κ1) is 43.4. The Balaban J connectivity index is 0.723. The summed E-state index contributed by atoms with van der Waals surface area (Å²) < 4.78 is 26.3. The zero-order valence-corrected chi connectivity index (χ0v) is 35.3. The third-order valence-corrected chi connectivity index (χ3v) is 12.5. The number of urea groups is 1. The van der Waals surface area contributed by atoms with Gasteiger partial charge in [-0.3, -0.25) is 44.0 Å². The molecule has 2 atom stereocenters. The molecule has 0 bridgehead atoms. The number of piperazine rings is 1. The molecule has 0 radical (unpaired) electrons. The highest BCUT2D eigenvalue weighted by atomic mass is 19.1. The molecule has 8 rings (SSSR count). The number of anilines is 1. The summed E-state index contributed by atoms with van der Waals surface area (Å²) in [5.74, 6) is -2.82. The molecule has 15 nitrogen and oxygen atoms in total. The number of fused-ring (bicyclic) bond motifs is 2. The highest BCUT2D eigenvalue weighted by Gasteiger charge is 2.46. The van der Waals surface area contributed by atoms with E-state index in [1.165, 1.54) is 34.5 Å². The fourth-order valence-corrected chi connectivity index (χ4v) is 9.01. The van der Waals surface area contributed by atoms with Gasteiger partial charge in [-0.1, -0.05) is 48.5 Å². The van der Waals surface area contributed by atoms with E-state index in [9.17, 15) is 33.2 Å². The largest absolute Gasteiger partial charge is 0.490 e. The Morgan fingerprint density at radius 2 is 1.60 bits per heavy atom. The standard InChI is InChI=1S/C47H52FN7O8/c1-30(36-9-4-7-32-6-2-3-8-37(32)36)53-16-14-33(15-17-53)43(57)49-29-31-26-34(48)28-35(27-31)50-47(61)54-20-18-52(19-21-54)22-23-62-24-25-63-40-11-5-10-38-42(40)46(60)55(45(38)59)39-12-13-41(56)51-44(39)58/h2-11,26-28,30,33,39H,12-25,29H2,1H3,(H,49,57)(H,50,61)(H,51,56,58)/t30-,39?/m1/s1. The van der Waals surface area contributed by atoms with Gasteiger partial charge in [0.15, 0.2) is 0 Å². The summed E-state index contributed by atoms with van der Waals surface area (Å²) >= 11 is 0. The van der Waals surface area contributed by atoms with E-state index in [-0.39, 0.29) is 73.4 Å². The predicted molar refractivity (Wildman–Crippen MR) is 231 cm³/mol. The second-order valence-electron chi connectivity index (χ2n) is 16.5. The maximum Gasteiger partial charge on any atom is 0.321 e. The number of nitrogens with one attached hydrogen (secondary N) is 3. The van der Waals surface area contributed by atoms with Gasteiger partial charge in [0.2, 0.25) is 17.7 Å². The van der Waals surface area contributed by atoms with Gasteiger partial charge in [-0.15, -0.1) is 0 Å². The van der Waals surface area contributed by atoms with Gasteiger partial charge >= 0.3 is 6.03 Å². The zero-order chi connectivity index (χ0) is 44.0. The molecule has 63 heavy (non-hydrogen) atoms. The average molecular weight is 862 g/mol. The fourth-order valence-electron chi connectivity index (χ4n) is 9.01. The molecule has 3 N–H and O–H groups in total. The molecule has 0 aliphatic carbocycles. The van der Waals surface area contributed by atoms with Gasteiger partial charge in [0.25, 0.3) is 11.8 Å². The second-order valence-corrected chi connectivity index (χ2v) is 16.5. The summed E-state index contributed by atoms with van der Waals surface area (Å²) in [6.45, 7) is 7.50. The van der Waals surface area contributed by atoms with Crippen LogP contribution in [0.1, 0.15) is 70.5 Å². The maximum absolute atomic E-state index is 14.7. The van der Waals surface area contributed by atoms with Crippen LogP contribution in [0, 0.1) is 11.7 Å². The Morgan fingerprint density at radius 1 is 0.841 bits per heavy atom. The van der Waals surface area contributed by atoms with Crippen molar-refractivity contribution in [2.75, 3.05) is 71.0 Å². The number of likely N-dealkylation sites (tertiary alicyclic amines) is 1. The van der Waals surface area contributed by atoms with E-state index >= 15 is 0 Å². The van der Waals surface area contributed by atoms with Gasteiger partial charge in [-0.2, -0.15) is 0 Å². The molecule has 4 aliphatic rings. The van der Waals surface area contributed by atoms with E-state index in [1.54, 1.807) is 23.1 Å². The smallest absolute Gasteiger partial charge is 0.321 e. The number of halogens is 1. The Kier molecular flexibility index (Phi) is 13.4. The molecular weight excluding hydrogens is 810 g/mol. The van der Waals surface area contributed by atoms with E-state index in [4.69, 9.17) is 9.47 Å². The SMILES string of the molecule is C[C@H](c1cccc2ccccc12)N1CCC(C(=O)NCc2cc(F)cc(NC(=O)N3CCN(CCOCCOc4cccc5c4C(=O)N(C4CCC(=O)NC4=O)C5=O)CC3)c2)CC1. The van der Waals surface area contributed by atoms with E-state index in [2.05, 4.69) is 75.1 Å².